The van der Waals surface area contributed by atoms with Crippen molar-refractivity contribution in [3.8, 4) is 17.2 Å². The van der Waals surface area contributed by atoms with Gasteiger partial charge in [-0.1, -0.05) is 6.07 Å². The maximum Gasteiger partial charge on any atom is 0.335 e. The van der Waals surface area contributed by atoms with E-state index in [1.807, 2.05) is 24.6 Å². The zero-order valence-corrected chi connectivity index (χ0v) is 13.2. The second kappa shape index (κ2) is 5.68. The Hall–Kier alpha value is -2.96. The van der Waals surface area contributed by atoms with Gasteiger partial charge in [-0.3, -0.25) is 4.68 Å². The van der Waals surface area contributed by atoms with Gasteiger partial charge in [-0.05, 0) is 45.0 Å². The van der Waals surface area contributed by atoms with Crippen molar-refractivity contribution in [1.29, 1.82) is 0 Å². The number of rotatable bonds is 4. The van der Waals surface area contributed by atoms with E-state index in [-0.39, 0.29) is 5.56 Å². The Morgan fingerprint density at radius 1 is 1.22 bits per heavy atom. The zero-order valence-electron chi connectivity index (χ0n) is 13.2. The highest BCUT2D eigenvalue weighted by atomic mass is 16.4. The van der Waals surface area contributed by atoms with Crippen molar-refractivity contribution >= 4 is 5.97 Å². The summed E-state index contributed by atoms with van der Waals surface area (Å²) >= 11 is 0. The van der Waals surface area contributed by atoms with E-state index >= 15 is 0 Å². The van der Waals surface area contributed by atoms with E-state index in [0.717, 1.165) is 12.2 Å². The van der Waals surface area contributed by atoms with Crippen molar-refractivity contribution in [1.82, 2.24) is 24.5 Å². The lowest BCUT2D eigenvalue weighted by atomic mass is 10.2. The molecule has 0 spiro atoms. The van der Waals surface area contributed by atoms with Gasteiger partial charge < -0.3 is 5.11 Å². The first-order valence-corrected chi connectivity index (χ1v) is 7.32. The van der Waals surface area contributed by atoms with Crippen LogP contribution in [0.3, 0.4) is 0 Å². The van der Waals surface area contributed by atoms with Crippen LogP contribution in [0.2, 0.25) is 0 Å². The van der Waals surface area contributed by atoms with E-state index in [0.29, 0.717) is 23.0 Å². The van der Waals surface area contributed by atoms with Crippen molar-refractivity contribution < 1.29 is 9.90 Å². The molecule has 0 saturated carbocycles. The highest BCUT2D eigenvalue weighted by Gasteiger charge is 2.16. The summed E-state index contributed by atoms with van der Waals surface area (Å²) in [7, 11) is 0. The van der Waals surface area contributed by atoms with Gasteiger partial charge in [0.1, 0.15) is 11.5 Å². The van der Waals surface area contributed by atoms with Gasteiger partial charge in [0.05, 0.1) is 11.3 Å². The predicted octanol–water partition coefficient (Wildman–Crippen LogP) is 2.47. The zero-order chi connectivity index (χ0) is 16.6. The van der Waals surface area contributed by atoms with Crippen LogP contribution in [0.1, 0.15) is 28.8 Å². The van der Waals surface area contributed by atoms with Gasteiger partial charge in [0.2, 0.25) is 0 Å². The van der Waals surface area contributed by atoms with Crippen molar-refractivity contribution in [3.63, 3.8) is 0 Å². The molecule has 23 heavy (non-hydrogen) atoms. The summed E-state index contributed by atoms with van der Waals surface area (Å²) in [4.78, 5) is 15.6. The fourth-order valence-electron chi connectivity index (χ4n) is 2.47. The topological polar surface area (TPSA) is 85.8 Å². The first-order valence-electron chi connectivity index (χ1n) is 7.32. The van der Waals surface area contributed by atoms with E-state index in [2.05, 4.69) is 15.2 Å². The van der Waals surface area contributed by atoms with Gasteiger partial charge in [-0.2, -0.15) is 10.2 Å². The molecule has 118 valence electrons. The van der Waals surface area contributed by atoms with Crippen LogP contribution in [0.25, 0.3) is 17.2 Å². The molecule has 0 unspecified atom stereocenters. The summed E-state index contributed by atoms with van der Waals surface area (Å²) in [5.74, 6) is 0.223. The molecule has 7 nitrogen and oxygen atoms in total. The lowest BCUT2D eigenvalue weighted by Crippen LogP contribution is -2.04. The Morgan fingerprint density at radius 3 is 2.65 bits per heavy atom. The third-order valence-electron chi connectivity index (χ3n) is 3.56. The summed E-state index contributed by atoms with van der Waals surface area (Å²) in [5, 5.41) is 18.1. The van der Waals surface area contributed by atoms with Crippen molar-refractivity contribution in [2.45, 2.75) is 27.3 Å². The monoisotopic (exact) mass is 311 g/mol. The SMILES string of the molecule is CCn1nc(-c2nc(C)nn2-c2cccc(C(=O)O)c2)cc1C. The van der Waals surface area contributed by atoms with E-state index in [9.17, 15) is 4.79 Å². The molecule has 7 heteroatoms. The minimum absolute atomic E-state index is 0.205. The van der Waals surface area contributed by atoms with Crippen LogP contribution >= 0.6 is 0 Å². The smallest absolute Gasteiger partial charge is 0.335 e. The fraction of sp³-hybridized carbons (Fsp3) is 0.250. The molecule has 0 radical (unpaired) electrons. The Morgan fingerprint density at radius 2 is 2.00 bits per heavy atom. The highest BCUT2D eigenvalue weighted by Crippen LogP contribution is 2.21. The van der Waals surface area contributed by atoms with Gasteiger partial charge in [-0.25, -0.2) is 14.5 Å². The summed E-state index contributed by atoms with van der Waals surface area (Å²) < 4.78 is 3.51. The molecular formula is C16H17N5O2. The van der Waals surface area contributed by atoms with Gasteiger partial charge >= 0.3 is 5.97 Å². The fourth-order valence-corrected chi connectivity index (χ4v) is 2.47. The largest absolute Gasteiger partial charge is 0.478 e. The van der Waals surface area contributed by atoms with Crippen molar-refractivity contribution in [3.05, 3.63) is 47.4 Å². The van der Waals surface area contributed by atoms with E-state index < -0.39 is 5.97 Å². The second-order valence-corrected chi connectivity index (χ2v) is 5.24. The minimum Gasteiger partial charge on any atom is -0.478 e. The maximum absolute atomic E-state index is 11.2. The third-order valence-corrected chi connectivity index (χ3v) is 3.56. The average molecular weight is 311 g/mol. The summed E-state index contributed by atoms with van der Waals surface area (Å²) in [6.07, 6.45) is 0. The van der Waals surface area contributed by atoms with Crippen LogP contribution in [0, 0.1) is 13.8 Å². The highest BCUT2D eigenvalue weighted by molar-refractivity contribution is 5.88. The number of hydrogen-bond acceptors (Lipinski definition) is 4. The molecular weight excluding hydrogens is 294 g/mol. The lowest BCUT2D eigenvalue weighted by Gasteiger charge is -2.05. The predicted molar refractivity (Wildman–Crippen MR) is 84.7 cm³/mol. The molecule has 0 bridgehead atoms. The van der Waals surface area contributed by atoms with Crippen LogP contribution in [-0.2, 0) is 6.54 Å². The molecule has 1 aromatic carbocycles. The average Bonchev–Trinajstić information content (AvgIpc) is 3.10. The Labute approximate surface area is 133 Å². The molecule has 3 rings (SSSR count). The minimum atomic E-state index is -0.976. The van der Waals surface area contributed by atoms with Crippen molar-refractivity contribution in [2.24, 2.45) is 0 Å². The molecule has 1 N–H and O–H groups in total. The van der Waals surface area contributed by atoms with E-state index in [1.54, 1.807) is 35.9 Å². The van der Waals surface area contributed by atoms with Gasteiger partial charge in [0, 0.05) is 12.2 Å². The number of aromatic carboxylic acids is 1. The third kappa shape index (κ3) is 2.73. The molecule has 0 aliphatic carbocycles. The second-order valence-electron chi connectivity index (χ2n) is 5.24. The van der Waals surface area contributed by atoms with Crippen LogP contribution in [0.4, 0.5) is 0 Å². The Bertz CT molecular complexity index is 878. The lowest BCUT2D eigenvalue weighted by molar-refractivity contribution is 0.0697. The molecule has 0 atom stereocenters. The standard InChI is InChI=1S/C16H17N5O2/c1-4-20-10(2)8-14(19-20)15-17-11(3)18-21(15)13-7-5-6-12(9-13)16(22)23/h5-9H,4H2,1-3H3,(H,22,23). The first-order chi connectivity index (χ1) is 11.0. The summed E-state index contributed by atoms with van der Waals surface area (Å²) in [6, 6.07) is 8.56. The first kappa shape index (κ1) is 15.0. The molecule has 0 amide bonds. The van der Waals surface area contributed by atoms with Crippen LogP contribution in [0.5, 0.6) is 0 Å². The molecule has 0 aliphatic heterocycles. The number of benzene rings is 1. The van der Waals surface area contributed by atoms with E-state index in [4.69, 9.17) is 5.11 Å². The quantitative estimate of drug-likeness (QED) is 0.800. The Balaban J connectivity index is 2.14. The number of carboxylic acid groups (broad SMARTS) is 1. The molecule has 0 aliphatic rings. The maximum atomic E-state index is 11.2. The van der Waals surface area contributed by atoms with E-state index in [1.165, 1.54) is 0 Å². The summed E-state index contributed by atoms with van der Waals surface area (Å²) in [5.41, 5.74) is 2.60. The number of carbonyl (C=O) groups is 1. The number of nitrogens with zero attached hydrogens (tertiary/aromatic N) is 5. The Kier molecular flexibility index (Phi) is 3.69. The summed E-state index contributed by atoms with van der Waals surface area (Å²) in [6.45, 7) is 6.58. The number of aromatic nitrogens is 5. The molecule has 3 aromatic rings. The number of aryl methyl sites for hydroxylation is 3. The van der Waals surface area contributed by atoms with Gasteiger partial charge in [0.25, 0.3) is 0 Å². The number of hydrogen-bond donors (Lipinski definition) is 1. The van der Waals surface area contributed by atoms with Crippen molar-refractivity contribution in [2.75, 3.05) is 0 Å². The molecule has 0 saturated heterocycles. The number of carboxylic acids is 1. The molecule has 2 heterocycles. The van der Waals surface area contributed by atoms with Gasteiger partial charge in [0.15, 0.2) is 5.82 Å². The molecule has 2 aromatic heterocycles. The van der Waals surface area contributed by atoms with Crippen LogP contribution in [-0.4, -0.2) is 35.6 Å². The van der Waals surface area contributed by atoms with Crippen LogP contribution in [0.15, 0.2) is 30.3 Å². The van der Waals surface area contributed by atoms with Gasteiger partial charge in [-0.15, -0.1) is 0 Å². The normalized spacial score (nSPS) is 10.9. The van der Waals surface area contributed by atoms with Crippen LogP contribution < -0.4 is 0 Å². The molecule has 0 fully saturated rings.